The van der Waals surface area contributed by atoms with Crippen LogP contribution in [0.5, 0.6) is 5.75 Å². The Labute approximate surface area is 211 Å². The lowest BCUT2D eigenvalue weighted by atomic mass is 9.96. The van der Waals surface area contributed by atoms with Gasteiger partial charge in [-0.1, -0.05) is 18.2 Å². The minimum absolute atomic E-state index is 0.00900. The fourth-order valence-electron chi connectivity index (χ4n) is 3.51. The van der Waals surface area contributed by atoms with E-state index in [4.69, 9.17) is 27.0 Å². The Balaban J connectivity index is 1.87. The van der Waals surface area contributed by atoms with Crippen LogP contribution in [-0.4, -0.2) is 82.2 Å². The van der Waals surface area contributed by atoms with Gasteiger partial charge in [0.2, 0.25) is 0 Å². The van der Waals surface area contributed by atoms with E-state index in [2.05, 4.69) is 10.1 Å². The Morgan fingerprint density at radius 3 is 2.69 bits per heavy atom. The predicted octanol–water partition coefficient (Wildman–Crippen LogP) is 1.14. The Hall–Kier alpha value is -2.54. The molecule has 1 saturated heterocycles. The molecule has 13 nitrogen and oxygen atoms in total. The van der Waals surface area contributed by atoms with Gasteiger partial charge in [0.1, 0.15) is 35.4 Å². The first kappa shape index (κ1) is 25.1. The zero-order valence-electron chi connectivity index (χ0n) is 22.4. The molecule has 0 saturated carbocycles. The first-order valence-electron chi connectivity index (χ1n) is 12.3. The summed E-state index contributed by atoms with van der Waals surface area (Å²) in [5.74, 6) is -0.699. The zero-order valence-corrected chi connectivity index (χ0v) is 21.3. The number of aliphatic imine (C=N–C) groups is 1. The van der Waals surface area contributed by atoms with E-state index < -0.39 is 62.5 Å². The van der Waals surface area contributed by atoms with Crippen LogP contribution in [0.15, 0.2) is 35.3 Å². The maximum atomic E-state index is 13.8. The molecule has 36 heavy (non-hydrogen) atoms. The topological polar surface area (TPSA) is 182 Å². The van der Waals surface area contributed by atoms with E-state index in [1.165, 1.54) is 19.1 Å². The number of amides is 2. The first-order chi connectivity index (χ1) is 17.6. The third-order valence-corrected chi connectivity index (χ3v) is 6.85. The second-order valence-corrected chi connectivity index (χ2v) is 10.5. The van der Waals surface area contributed by atoms with Crippen molar-refractivity contribution in [3.63, 3.8) is 0 Å². The molecular formula is C22H33N4O9P. The lowest BCUT2D eigenvalue weighted by Crippen LogP contribution is -2.56. The maximum Gasteiger partial charge on any atom is 0.459 e. The van der Waals surface area contributed by atoms with E-state index in [0.717, 1.165) is 11.8 Å². The Bertz CT molecular complexity index is 1110. The van der Waals surface area contributed by atoms with Crippen molar-refractivity contribution in [3.05, 3.63) is 30.3 Å². The van der Waals surface area contributed by atoms with E-state index in [0.29, 0.717) is 0 Å². The second kappa shape index (κ2) is 11.2. The Morgan fingerprint density at radius 2 is 2.08 bits per heavy atom. The van der Waals surface area contributed by atoms with Crippen molar-refractivity contribution in [2.45, 2.75) is 70.3 Å². The lowest BCUT2D eigenvalue weighted by Gasteiger charge is -2.36. The van der Waals surface area contributed by atoms with Gasteiger partial charge < -0.3 is 29.9 Å². The van der Waals surface area contributed by atoms with Crippen LogP contribution in [-0.2, 0) is 23.4 Å². The van der Waals surface area contributed by atoms with E-state index in [9.17, 15) is 24.4 Å². The smallest absolute Gasteiger partial charge is 0.459 e. The second-order valence-electron chi connectivity index (χ2n) is 8.86. The van der Waals surface area contributed by atoms with Gasteiger partial charge in [-0.2, -0.15) is 10.1 Å². The summed E-state index contributed by atoms with van der Waals surface area (Å²) in [6.45, 7) is 2.61. The molecular weight excluding hydrogens is 495 g/mol. The van der Waals surface area contributed by atoms with Crippen LogP contribution in [0.4, 0.5) is 4.79 Å². The van der Waals surface area contributed by atoms with E-state index in [1.54, 1.807) is 32.0 Å². The number of nitrogens with two attached hydrogens (primary N) is 1. The Morgan fingerprint density at radius 1 is 1.42 bits per heavy atom. The number of nitrogens with zero attached hydrogens (tertiary/aromatic N) is 2. The van der Waals surface area contributed by atoms with Crippen LogP contribution in [0.25, 0.3) is 0 Å². The van der Waals surface area contributed by atoms with Gasteiger partial charge in [0.05, 0.1) is 15.4 Å². The predicted molar refractivity (Wildman–Crippen MR) is 128 cm³/mol. The number of urea groups is 1. The molecule has 0 spiro atoms. The molecule has 6 atom stereocenters. The number of aliphatic hydroxyl groups is 2. The van der Waals surface area contributed by atoms with Crippen molar-refractivity contribution in [3.8, 4) is 5.75 Å². The van der Waals surface area contributed by atoms with Crippen LogP contribution >= 0.6 is 7.75 Å². The highest BCUT2D eigenvalue weighted by molar-refractivity contribution is 7.52. The number of rotatable bonds is 10. The molecule has 2 aliphatic heterocycles. The number of carbonyl (C=O) groups is 2. The van der Waals surface area contributed by atoms with Crippen molar-refractivity contribution >= 4 is 25.6 Å². The van der Waals surface area contributed by atoms with E-state index >= 15 is 0 Å². The first-order valence-corrected chi connectivity index (χ1v) is 12.8. The van der Waals surface area contributed by atoms with Gasteiger partial charge in [0.25, 0.3) is 0 Å². The molecule has 1 aromatic carbocycles. The molecule has 0 bridgehead atoms. The third-order valence-electron chi connectivity index (χ3n) is 5.35. The molecule has 2 amide bonds. The number of esters is 1. The van der Waals surface area contributed by atoms with Gasteiger partial charge in [0.15, 0.2) is 6.23 Å². The number of amidine groups is 1. The largest absolute Gasteiger partial charge is 0.462 e. The molecule has 0 radical (unpaired) electrons. The fraction of sp³-hybridized carbons (Fsp3) is 0.591. The van der Waals surface area contributed by atoms with Gasteiger partial charge in [-0.05, 0) is 39.8 Å². The van der Waals surface area contributed by atoms with E-state index in [1.807, 2.05) is 0 Å². The standard InChI is InChI=1S/C22H33N4O9P/c1-13(2)33-19(28)14(3)25-36(31,35-15-8-6-5-7-9-15)32-12-16-18(27)22(4,30)20(34-16)26-11-10-17(23)24-21(26)29/h5-9,13-14,16,18,20,27,30H,10-12H2,1-4H3,(H,25,31)(H2,23,24,29)/t14-,16+,18+,20+,22+,36-/m0/s1/i12D2. The molecule has 200 valence electrons. The molecule has 5 N–H and O–H groups in total. The quantitative estimate of drug-likeness (QED) is 0.251. The van der Waals surface area contributed by atoms with Crippen LogP contribution in [0.1, 0.15) is 36.9 Å². The summed E-state index contributed by atoms with van der Waals surface area (Å²) in [6, 6.07) is 5.56. The highest BCUT2D eigenvalue weighted by Gasteiger charge is 2.56. The molecule has 3 rings (SSSR count). The van der Waals surface area contributed by atoms with Crippen LogP contribution in [0, 0.1) is 0 Å². The number of nitrogens with one attached hydrogen (secondary N) is 1. The molecule has 14 heteroatoms. The number of hydrogen-bond acceptors (Lipinski definition) is 10. The van der Waals surface area contributed by atoms with E-state index in [-0.39, 0.29) is 24.6 Å². The maximum absolute atomic E-state index is 13.8. The summed E-state index contributed by atoms with van der Waals surface area (Å²) in [5.41, 5.74) is 3.41. The summed E-state index contributed by atoms with van der Waals surface area (Å²) in [4.78, 5) is 29.4. The zero-order chi connectivity index (χ0) is 28.5. The molecule has 0 aromatic heterocycles. The van der Waals surface area contributed by atoms with Crippen molar-refractivity contribution in [2.75, 3.05) is 13.1 Å². The fourth-order valence-corrected chi connectivity index (χ4v) is 4.88. The monoisotopic (exact) mass is 530 g/mol. The average molecular weight is 531 g/mol. The summed E-state index contributed by atoms with van der Waals surface area (Å²) in [6.07, 6.45) is -5.75. The molecule has 2 heterocycles. The van der Waals surface area contributed by atoms with Gasteiger partial charge in [-0.15, -0.1) is 0 Å². The molecule has 0 unspecified atom stereocenters. The summed E-state index contributed by atoms with van der Waals surface area (Å²) < 4.78 is 52.2. The Kier molecular flexibility index (Phi) is 7.85. The van der Waals surface area contributed by atoms with Crippen molar-refractivity contribution < 1.29 is 45.6 Å². The van der Waals surface area contributed by atoms with Gasteiger partial charge in [-0.3, -0.25) is 14.2 Å². The van der Waals surface area contributed by atoms with Crippen LogP contribution in [0.2, 0.25) is 0 Å². The molecule has 1 aromatic rings. The minimum Gasteiger partial charge on any atom is -0.462 e. The van der Waals surface area contributed by atoms with Crippen LogP contribution in [0.3, 0.4) is 0 Å². The highest BCUT2D eigenvalue weighted by atomic mass is 31.2. The average Bonchev–Trinajstić information content (AvgIpc) is 3.03. The number of aliphatic hydroxyl groups excluding tert-OH is 1. The summed E-state index contributed by atoms with van der Waals surface area (Å²) >= 11 is 0. The summed E-state index contributed by atoms with van der Waals surface area (Å²) in [5, 5.41) is 24.2. The number of para-hydroxylation sites is 1. The number of hydrogen-bond donors (Lipinski definition) is 4. The number of carbonyl (C=O) groups excluding carboxylic acids is 2. The number of ether oxygens (including phenoxy) is 2. The van der Waals surface area contributed by atoms with Gasteiger partial charge >= 0.3 is 19.7 Å². The molecule has 2 aliphatic rings. The third kappa shape index (κ3) is 6.61. The number of benzene rings is 1. The van der Waals surface area contributed by atoms with Crippen molar-refractivity contribution in [2.24, 2.45) is 10.7 Å². The SMILES string of the molecule is [2H]C([2H])(O[P@@](=O)(N[C@@H](C)C(=O)OC(C)C)Oc1ccccc1)[C@H]1O[C@@H](N2CCC(N)=NC2=O)[C@](C)(O)[C@@H]1O. The summed E-state index contributed by atoms with van der Waals surface area (Å²) in [7, 11) is -4.73. The molecule has 0 aliphatic carbocycles. The van der Waals surface area contributed by atoms with Gasteiger partial charge in [-0.25, -0.2) is 9.36 Å². The van der Waals surface area contributed by atoms with Crippen molar-refractivity contribution in [1.29, 1.82) is 0 Å². The molecule has 1 fully saturated rings. The lowest BCUT2D eigenvalue weighted by molar-refractivity contribution is -0.149. The van der Waals surface area contributed by atoms with Crippen molar-refractivity contribution in [1.82, 2.24) is 9.99 Å². The highest BCUT2D eigenvalue weighted by Crippen LogP contribution is 2.46. The minimum atomic E-state index is -4.73. The normalized spacial score (nSPS) is 30.2. The van der Waals surface area contributed by atoms with Gasteiger partial charge in [0, 0.05) is 13.0 Å². The van der Waals surface area contributed by atoms with Crippen LogP contribution < -0.4 is 15.3 Å².